The highest BCUT2D eigenvalue weighted by atomic mass is 35.5. The van der Waals surface area contributed by atoms with E-state index >= 15 is 0 Å². The minimum absolute atomic E-state index is 0.0342. The van der Waals surface area contributed by atoms with Crippen LogP contribution in [0.2, 0.25) is 5.02 Å². The largest absolute Gasteiger partial charge is 0.449 e. The summed E-state index contributed by atoms with van der Waals surface area (Å²) in [6.07, 6.45) is -1.19. The van der Waals surface area contributed by atoms with Crippen LogP contribution in [0.1, 0.15) is 17.3 Å². The number of anilines is 1. The van der Waals surface area contributed by atoms with Crippen molar-refractivity contribution in [3.63, 3.8) is 0 Å². The van der Waals surface area contributed by atoms with Gasteiger partial charge in [-0.1, -0.05) is 17.7 Å². The van der Waals surface area contributed by atoms with Crippen LogP contribution in [0.15, 0.2) is 42.5 Å². The molecule has 130 valence electrons. The Bertz CT molecular complexity index is 843. The first kappa shape index (κ1) is 18.3. The maximum atomic E-state index is 13.1. The molecular weight excluding hydrogens is 355 g/mol. The maximum absolute atomic E-state index is 13.1. The van der Waals surface area contributed by atoms with E-state index in [0.717, 1.165) is 12.1 Å². The molecule has 0 aliphatic rings. The quantitative estimate of drug-likeness (QED) is 0.495. The number of rotatable bonds is 5. The Morgan fingerprint density at radius 3 is 2.60 bits per heavy atom. The average molecular weight is 367 g/mol. The zero-order valence-corrected chi connectivity index (χ0v) is 13.6. The Morgan fingerprint density at radius 2 is 2.00 bits per heavy atom. The molecule has 2 rings (SSSR count). The SMILES string of the molecule is CC(OC(=O)c1cccc(F)c1)C(=O)Nc1ccc([N+](=O)[O-])cc1Cl. The number of halogens is 2. The zero-order chi connectivity index (χ0) is 18.6. The van der Waals surface area contributed by atoms with E-state index in [0.29, 0.717) is 0 Å². The van der Waals surface area contributed by atoms with Crippen molar-refractivity contribution < 1.29 is 23.6 Å². The van der Waals surface area contributed by atoms with E-state index < -0.39 is 28.7 Å². The molecule has 0 heterocycles. The van der Waals surface area contributed by atoms with Gasteiger partial charge in [-0.15, -0.1) is 0 Å². The fraction of sp³-hybridized carbons (Fsp3) is 0.125. The van der Waals surface area contributed by atoms with Crippen LogP contribution >= 0.6 is 11.6 Å². The Balaban J connectivity index is 2.03. The number of hydrogen-bond acceptors (Lipinski definition) is 5. The van der Waals surface area contributed by atoms with Crippen molar-refractivity contribution in [1.82, 2.24) is 0 Å². The van der Waals surface area contributed by atoms with Gasteiger partial charge in [0.1, 0.15) is 5.82 Å². The van der Waals surface area contributed by atoms with E-state index in [-0.39, 0.29) is 22.0 Å². The number of amides is 1. The molecule has 1 unspecified atom stereocenters. The van der Waals surface area contributed by atoms with Crippen molar-refractivity contribution in [2.24, 2.45) is 0 Å². The van der Waals surface area contributed by atoms with Gasteiger partial charge in [0, 0.05) is 12.1 Å². The maximum Gasteiger partial charge on any atom is 0.339 e. The second kappa shape index (κ2) is 7.71. The van der Waals surface area contributed by atoms with Crippen molar-refractivity contribution in [2.75, 3.05) is 5.32 Å². The summed E-state index contributed by atoms with van der Waals surface area (Å²) < 4.78 is 18.1. The minimum Gasteiger partial charge on any atom is -0.449 e. The van der Waals surface area contributed by atoms with Crippen LogP contribution in [0.5, 0.6) is 0 Å². The van der Waals surface area contributed by atoms with Gasteiger partial charge >= 0.3 is 5.97 Å². The number of carbonyl (C=O) groups excluding carboxylic acids is 2. The molecule has 2 aromatic rings. The molecular formula is C16H12ClFN2O5. The lowest BCUT2D eigenvalue weighted by molar-refractivity contribution is -0.384. The summed E-state index contributed by atoms with van der Waals surface area (Å²) in [4.78, 5) is 34.0. The van der Waals surface area contributed by atoms with Crippen molar-refractivity contribution >= 4 is 34.9 Å². The van der Waals surface area contributed by atoms with Gasteiger partial charge < -0.3 is 10.1 Å². The normalized spacial score (nSPS) is 11.5. The molecule has 25 heavy (non-hydrogen) atoms. The molecule has 0 aliphatic carbocycles. The number of nitro groups is 1. The highest BCUT2D eigenvalue weighted by molar-refractivity contribution is 6.34. The molecule has 1 amide bonds. The van der Waals surface area contributed by atoms with Gasteiger partial charge in [-0.25, -0.2) is 9.18 Å². The predicted octanol–water partition coefficient (Wildman–Crippen LogP) is 3.57. The van der Waals surface area contributed by atoms with Crippen molar-refractivity contribution in [3.05, 3.63) is 69.0 Å². The molecule has 0 spiro atoms. The standard InChI is InChI=1S/C16H12ClFN2O5/c1-9(25-16(22)10-3-2-4-11(18)7-10)15(21)19-14-6-5-12(20(23)24)8-13(14)17/h2-9H,1H3,(H,19,21). The summed E-state index contributed by atoms with van der Waals surface area (Å²) >= 11 is 5.87. The molecule has 0 bridgehead atoms. The van der Waals surface area contributed by atoms with Crippen molar-refractivity contribution in [2.45, 2.75) is 13.0 Å². The van der Waals surface area contributed by atoms with E-state index in [4.69, 9.17) is 16.3 Å². The van der Waals surface area contributed by atoms with E-state index in [1.807, 2.05) is 0 Å². The van der Waals surface area contributed by atoms with Gasteiger partial charge in [-0.05, 0) is 31.2 Å². The number of nitro benzene ring substituents is 1. The molecule has 9 heteroatoms. The lowest BCUT2D eigenvalue weighted by Gasteiger charge is -2.14. The Labute approximate surface area is 146 Å². The third-order valence-corrected chi connectivity index (χ3v) is 3.45. The zero-order valence-electron chi connectivity index (χ0n) is 12.9. The number of nitrogens with one attached hydrogen (secondary N) is 1. The third-order valence-electron chi connectivity index (χ3n) is 3.13. The summed E-state index contributed by atoms with van der Waals surface area (Å²) in [6, 6.07) is 8.37. The lowest BCUT2D eigenvalue weighted by atomic mass is 10.2. The molecule has 2 aromatic carbocycles. The fourth-order valence-electron chi connectivity index (χ4n) is 1.85. The van der Waals surface area contributed by atoms with Crippen LogP contribution in [0.3, 0.4) is 0 Å². The van der Waals surface area contributed by atoms with E-state index in [1.54, 1.807) is 0 Å². The highest BCUT2D eigenvalue weighted by Gasteiger charge is 2.20. The second-order valence-electron chi connectivity index (χ2n) is 4.97. The minimum atomic E-state index is -1.19. The molecule has 0 aliphatic heterocycles. The van der Waals surface area contributed by atoms with Gasteiger partial charge in [0.15, 0.2) is 6.10 Å². The number of esters is 1. The van der Waals surface area contributed by atoms with Crippen LogP contribution in [0.4, 0.5) is 15.8 Å². The molecule has 1 N–H and O–H groups in total. The van der Waals surface area contributed by atoms with Gasteiger partial charge in [-0.2, -0.15) is 0 Å². The summed E-state index contributed by atoms with van der Waals surface area (Å²) in [5, 5.41) is 13.0. The van der Waals surface area contributed by atoms with Gasteiger partial charge in [-0.3, -0.25) is 14.9 Å². The number of non-ortho nitro benzene ring substituents is 1. The summed E-state index contributed by atoms with van der Waals surface area (Å²) in [5.74, 6) is -2.17. The Hall–Kier alpha value is -3.00. The van der Waals surface area contributed by atoms with Crippen LogP contribution < -0.4 is 5.32 Å². The molecule has 0 radical (unpaired) electrons. The van der Waals surface area contributed by atoms with Crippen molar-refractivity contribution in [1.29, 1.82) is 0 Å². The molecule has 0 saturated heterocycles. The number of hydrogen-bond donors (Lipinski definition) is 1. The fourth-order valence-corrected chi connectivity index (χ4v) is 2.07. The summed E-state index contributed by atoms with van der Waals surface area (Å²) in [7, 11) is 0. The van der Waals surface area contributed by atoms with Crippen molar-refractivity contribution in [3.8, 4) is 0 Å². The number of nitrogens with zero attached hydrogens (tertiary/aromatic N) is 1. The summed E-state index contributed by atoms with van der Waals surface area (Å²) in [6.45, 7) is 1.33. The first-order valence-electron chi connectivity index (χ1n) is 6.99. The lowest BCUT2D eigenvalue weighted by Crippen LogP contribution is -2.30. The summed E-state index contributed by atoms with van der Waals surface area (Å²) in [5.41, 5.74) is -0.132. The predicted molar refractivity (Wildman–Crippen MR) is 88.0 cm³/mol. The van der Waals surface area contributed by atoms with Crippen LogP contribution in [0.25, 0.3) is 0 Å². The smallest absolute Gasteiger partial charge is 0.339 e. The van der Waals surface area contributed by atoms with Crippen LogP contribution in [-0.4, -0.2) is 22.9 Å². The van der Waals surface area contributed by atoms with E-state index in [2.05, 4.69) is 5.32 Å². The number of benzene rings is 2. The van der Waals surface area contributed by atoms with Gasteiger partial charge in [0.05, 0.1) is 21.2 Å². The monoisotopic (exact) mass is 366 g/mol. The number of ether oxygens (including phenoxy) is 1. The van der Waals surface area contributed by atoms with E-state index in [9.17, 15) is 24.1 Å². The van der Waals surface area contributed by atoms with Gasteiger partial charge in [0.25, 0.3) is 11.6 Å². The Morgan fingerprint density at radius 1 is 1.28 bits per heavy atom. The third kappa shape index (κ3) is 4.74. The highest BCUT2D eigenvalue weighted by Crippen LogP contribution is 2.26. The molecule has 0 fully saturated rings. The first-order chi connectivity index (χ1) is 11.8. The average Bonchev–Trinajstić information content (AvgIpc) is 2.56. The molecule has 0 aromatic heterocycles. The molecule has 7 nitrogen and oxygen atoms in total. The van der Waals surface area contributed by atoms with Crippen LogP contribution in [-0.2, 0) is 9.53 Å². The first-order valence-corrected chi connectivity index (χ1v) is 7.37. The number of carbonyl (C=O) groups is 2. The van der Waals surface area contributed by atoms with Crippen LogP contribution in [0, 0.1) is 15.9 Å². The second-order valence-corrected chi connectivity index (χ2v) is 5.38. The van der Waals surface area contributed by atoms with E-state index in [1.165, 1.54) is 37.3 Å². The molecule has 0 saturated carbocycles. The topological polar surface area (TPSA) is 98.5 Å². The Kier molecular flexibility index (Phi) is 5.66. The van der Waals surface area contributed by atoms with Gasteiger partial charge in [0.2, 0.25) is 0 Å². The molecule has 1 atom stereocenters.